The molecular weight excluding hydrogens is 647 g/mol. The number of benzene rings is 2. The molecule has 11 heteroatoms. The standard InChI is InChI=1S/C26H30Br2Cl2N4O3/c27-19-7-5-17(13-21(19)29)15-26(16-18-6-8-20(28)22(30)14-18)23(35)33(11-3-1-9-31)25(37)34(24(26)36)12-4-2-10-32/h5-8,13-14H,1-4,9-12,15-16,31-32H2. The monoisotopic (exact) mass is 674 g/mol. The van der Waals surface area contributed by atoms with Crippen molar-refractivity contribution in [1.82, 2.24) is 9.80 Å². The Balaban J connectivity index is 2.13. The van der Waals surface area contributed by atoms with Gasteiger partial charge in [0, 0.05) is 22.0 Å². The topological polar surface area (TPSA) is 110 Å². The number of hydrogen-bond donors (Lipinski definition) is 2. The number of carbonyl (C=O) groups excluding carboxylic acids is 3. The number of nitrogens with two attached hydrogens (primary N) is 2. The number of hydrogen-bond acceptors (Lipinski definition) is 5. The van der Waals surface area contributed by atoms with E-state index in [1.54, 1.807) is 24.3 Å². The molecule has 7 nitrogen and oxygen atoms in total. The smallest absolute Gasteiger partial charge is 0.330 e. The Bertz CT molecular complexity index is 1080. The second-order valence-electron chi connectivity index (χ2n) is 9.12. The van der Waals surface area contributed by atoms with Crippen molar-refractivity contribution in [2.24, 2.45) is 16.9 Å². The highest BCUT2D eigenvalue weighted by atomic mass is 79.9. The van der Waals surface area contributed by atoms with Crippen LogP contribution in [-0.2, 0) is 22.4 Å². The lowest BCUT2D eigenvalue weighted by Crippen LogP contribution is -2.66. The lowest BCUT2D eigenvalue weighted by molar-refractivity contribution is -0.159. The lowest BCUT2D eigenvalue weighted by Gasteiger charge is -2.44. The fourth-order valence-corrected chi connectivity index (χ4v) is 5.41. The van der Waals surface area contributed by atoms with Crippen LogP contribution in [0.1, 0.15) is 36.8 Å². The van der Waals surface area contributed by atoms with E-state index in [-0.39, 0.29) is 25.9 Å². The number of unbranched alkanes of at least 4 members (excludes halogenated alkanes) is 2. The first-order valence-electron chi connectivity index (χ1n) is 12.1. The summed E-state index contributed by atoms with van der Waals surface area (Å²) in [7, 11) is 0. The molecule has 37 heavy (non-hydrogen) atoms. The van der Waals surface area contributed by atoms with Gasteiger partial charge in [-0.2, -0.15) is 0 Å². The van der Waals surface area contributed by atoms with Crippen molar-refractivity contribution in [2.75, 3.05) is 26.2 Å². The Morgan fingerprint density at radius 1 is 0.703 bits per heavy atom. The Morgan fingerprint density at radius 2 is 1.11 bits per heavy atom. The Hall–Kier alpha value is -1.49. The number of imide groups is 2. The predicted octanol–water partition coefficient (Wildman–Crippen LogP) is 5.56. The number of halogens is 4. The van der Waals surface area contributed by atoms with Gasteiger partial charge in [-0.3, -0.25) is 19.4 Å². The summed E-state index contributed by atoms with van der Waals surface area (Å²) in [6.45, 7) is 1.24. The van der Waals surface area contributed by atoms with E-state index in [1.807, 2.05) is 12.1 Å². The number of barbiturate groups is 1. The zero-order valence-electron chi connectivity index (χ0n) is 20.3. The van der Waals surface area contributed by atoms with E-state index in [0.717, 1.165) is 0 Å². The molecule has 1 fully saturated rings. The van der Waals surface area contributed by atoms with E-state index in [2.05, 4.69) is 31.9 Å². The molecule has 0 unspecified atom stereocenters. The third-order valence-corrected chi connectivity index (χ3v) is 8.89. The first kappa shape index (κ1) is 30.1. The van der Waals surface area contributed by atoms with Crippen LogP contribution < -0.4 is 11.5 Å². The summed E-state index contributed by atoms with van der Waals surface area (Å²) in [5.41, 5.74) is 11.2. The average molecular weight is 677 g/mol. The molecule has 0 spiro atoms. The molecule has 1 saturated heterocycles. The van der Waals surface area contributed by atoms with Crippen molar-refractivity contribution in [3.05, 3.63) is 66.5 Å². The van der Waals surface area contributed by atoms with Gasteiger partial charge in [0.2, 0.25) is 11.8 Å². The summed E-state index contributed by atoms with van der Waals surface area (Å²) in [5.74, 6) is -1.04. The van der Waals surface area contributed by atoms with Gasteiger partial charge >= 0.3 is 6.03 Å². The van der Waals surface area contributed by atoms with Crippen LogP contribution in [0.3, 0.4) is 0 Å². The van der Waals surface area contributed by atoms with E-state index >= 15 is 0 Å². The molecule has 2 aromatic rings. The minimum absolute atomic E-state index is 0.0689. The molecule has 0 aromatic heterocycles. The van der Waals surface area contributed by atoms with Gasteiger partial charge in [0.05, 0.1) is 10.0 Å². The summed E-state index contributed by atoms with van der Waals surface area (Å²) >= 11 is 19.5. The zero-order valence-corrected chi connectivity index (χ0v) is 25.0. The van der Waals surface area contributed by atoms with E-state index in [9.17, 15) is 14.4 Å². The van der Waals surface area contributed by atoms with E-state index in [4.69, 9.17) is 34.7 Å². The second-order valence-corrected chi connectivity index (χ2v) is 11.6. The average Bonchev–Trinajstić information content (AvgIpc) is 2.87. The quantitative estimate of drug-likeness (QED) is 0.226. The molecular formula is C26H30Br2Cl2N4O3. The van der Waals surface area contributed by atoms with Crippen molar-refractivity contribution in [3.63, 3.8) is 0 Å². The number of carbonyl (C=O) groups is 3. The molecule has 2 aromatic carbocycles. The second kappa shape index (κ2) is 13.5. The normalized spacial score (nSPS) is 15.6. The highest BCUT2D eigenvalue weighted by Crippen LogP contribution is 2.39. The van der Waals surface area contributed by atoms with Gasteiger partial charge in [0.25, 0.3) is 0 Å². The van der Waals surface area contributed by atoms with Gasteiger partial charge in [-0.15, -0.1) is 0 Å². The molecule has 0 aliphatic carbocycles. The van der Waals surface area contributed by atoms with Gasteiger partial charge in [-0.1, -0.05) is 35.3 Å². The molecule has 1 heterocycles. The van der Waals surface area contributed by atoms with Crippen LogP contribution in [0.2, 0.25) is 10.0 Å². The first-order chi connectivity index (χ1) is 17.6. The molecule has 0 bridgehead atoms. The molecule has 1 aliphatic heterocycles. The predicted molar refractivity (Wildman–Crippen MR) is 154 cm³/mol. The molecule has 0 atom stereocenters. The minimum Gasteiger partial charge on any atom is -0.330 e. The van der Waals surface area contributed by atoms with Gasteiger partial charge in [0.1, 0.15) is 5.41 Å². The largest absolute Gasteiger partial charge is 0.333 e. The van der Waals surface area contributed by atoms with Crippen LogP contribution in [0.5, 0.6) is 0 Å². The van der Waals surface area contributed by atoms with Crippen LogP contribution in [-0.4, -0.2) is 53.8 Å². The number of urea groups is 1. The summed E-state index contributed by atoms with van der Waals surface area (Å²) in [6, 6.07) is 10.1. The molecule has 4 N–H and O–H groups in total. The third kappa shape index (κ3) is 6.94. The first-order valence-corrected chi connectivity index (χ1v) is 14.4. The van der Waals surface area contributed by atoms with Gasteiger partial charge in [-0.05, 0) is 119 Å². The maximum absolute atomic E-state index is 14.2. The van der Waals surface area contributed by atoms with Gasteiger partial charge in [0.15, 0.2) is 0 Å². The van der Waals surface area contributed by atoms with E-state index in [0.29, 0.717) is 68.9 Å². The highest BCUT2D eigenvalue weighted by Gasteiger charge is 2.56. The van der Waals surface area contributed by atoms with E-state index < -0.39 is 23.3 Å². The Labute approximate surface area is 244 Å². The highest BCUT2D eigenvalue weighted by molar-refractivity contribution is 9.10. The summed E-state index contributed by atoms with van der Waals surface area (Å²) in [4.78, 5) is 44.2. The van der Waals surface area contributed by atoms with Gasteiger partial charge < -0.3 is 11.5 Å². The van der Waals surface area contributed by atoms with Crippen molar-refractivity contribution in [2.45, 2.75) is 38.5 Å². The zero-order chi connectivity index (χ0) is 27.2. The van der Waals surface area contributed by atoms with Crippen LogP contribution in [0.4, 0.5) is 4.79 Å². The maximum Gasteiger partial charge on any atom is 0.333 e. The van der Waals surface area contributed by atoms with Crippen molar-refractivity contribution in [3.8, 4) is 0 Å². The molecule has 0 radical (unpaired) electrons. The minimum atomic E-state index is -1.56. The summed E-state index contributed by atoms with van der Waals surface area (Å²) in [6.07, 6.45) is 2.52. The third-order valence-electron chi connectivity index (χ3n) is 6.42. The molecule has 200 valence electrons. The van der Waals surface area contributed by atoms with Gasteiger partial charge in [-0.25, -0.2) is 4.79 Å². The lowest BCUT2D eigenvalue weighted by atomic mass is 9.72. The summed E-state index contributed by atoms with van der Waals surface area (Å²) in [5, 5.41) is 0.927. The molecule has 3 rings (SSSR count). The fourth-order valence-electron chi connectivity index (χ4n) is 4.51. The van der Waals surface area contributed by atoms with E-state index in [1.165, 1.54) is 9.80 Å². The number of amides is 4. The SMILES string of the molecule is NCCCCN1C(=O)N(CCCCN)C(=O)C(Cc2ccc(Br)c(Cl)c2)(Cc2ccc(Br)c(Cl)c2)C1=O. The van der Waals surface area contributed by atoms with Crippen LogP contribution in [0.15, 0.2) is 45.3 Å². The molecule has 0 saturated carbocycles. The summed E-state index contributed by atoms with van der Waals surface area (Å²) < 4.78 is 1.41. The van der Waals surface area contributed by atoms with Crippen LogP contribution >= 0.6 is 55.1 Å². The maximum atomic E-state index is 14.2. The van der Waals surface area contributed by atoms with Crippen molar-refractivity contribution in [1.29, 1.82) is 0 Å². The van der Waals surface area contributed by atoms with Crippen LogP contribution in [0, 0.1) is 5.41 Å². The van der Waals surface area contributed by atoms with Crippen molar-refractivity contribution < 1.29 is 14.4 Å². The van der Waals surface area contributed by atoms with Crippen LogP contribution in [0.25, 0.3) is 0 Å². The number of nitrogens with zero attached hydrogens (tertiary/aromatic N) is 2. The molecule has 4 amide bonds. The fraction of sp³-hybridized carbons (Fsp3) is 0.423. The van der Waals surface area contributed by atoms with Crippen molar-refractivity contribution >= 4 is 72.9 Å². The Kier molecular flexibility index (Phi) is 11.0. The Morgan fingerprint density at radius 3 is 1.46 bits per heavy atom. The molecule has 1 aliphatic rings. The number of rotatable bonds is 12.